The molecule has 0 radical (unpaired) electrons. The third kappa shape index (κ3) is 10.8. The first-order chi connectivity index (χ1) is 9.09. The van der Waals surface area contributed by atoms with Gasteiger partial charge in [-0.25, -0.2) is 0 Å². The van der Waals surface area contributed by atoms with Gasteiger partial charge in [0, 0.05) is 3.57 Å². The number of hydrogen-bond acceptors (Lipinski definition) is 0. The van der Waals surface area contributed by atoms with Crippen LogP contribution in [0.4, 0.5) is 20.8 Å². The van der Waals surface area contributed by atoms with E-state index in [1.54, 1.807) is 0 Å². The Hall–Kier alpha value is 0.0884. The van der Waals surface area contributed by atoms with E-state index in [-0.39, 0.29) is 10.8 Å². The van der Waals surface area contributed by atoms with E-state index in [0.717, 1.165) is 0 Å². The molecule has 8 heteroatoms. The van der Waals surface area contributed by atoms with Crippen molar-refractivity contribution < 1.29 is 20.8 Å². The summed E-state index contributed by atoms with van der Waals surface area (Å²) in [7, 11) is 0. The SMILES string of the molecule is CC(C)(C)c1cccc(I)c1C(C)(C)C.F[As-](F)(F)(F)(F)F. The van der Waals surface area contributed by atoms with Gasteiger partial charge in [-0.1, -0.05) is 53.7 Å². The molecule has 0 aromatic heterocycles. The van der Waals surface area contributed by atoms with Gasteiger partial charge in [-0.3, -0.25) is 0 Å². The molecular formula is C14H21AsF6I-. The Morgan fingerprint density at radius 3 is 1.36 bits per heavy atom. The van der Waals surface area contributed by atoms with Crippen LogP contribution in [0, 0.1) is 3.57 Å². The Kier molecular flexibility index (Phi) is 5.59. The molecule has 1 rings (SSSR count). The van der Waals surface area contributed by atoms with E-state index in [2.05, 4.69) is 82.3 Å². The van der Waals surface area contributed by atoms with Crippen LogP contribution in [-0.4, -0.2) is 14.2 Å². The molecule has 0 N–H and O–H groups in total. The van der Waals surface area contributed by atoms with E-state index in [1.165, 1.54) is 14.7 Å². The number of hydrogen-bond donors (Lipinski definition) is 0. The van der Waals surface area contributed by atoms with Crippen LogP contribution in [0.3, 0.4) is 0 Å². The van der Waals surface area contributed by atoms with Gasteiger partial charge in [0.05, 0.1) is 0 Å². The Morgan fingerprint density at radius 1 is 0.773 bits per heavy atom. The van der Waals surface area contributed by atoms with Gasteiger partial charge in [-0.2, -0.15) is 0 Å². The minimum atomic E-state index is -11.1. The van der Waals surface area contributed by atoms with Crippen molar-refractivity contribution in [3.63, 3.8) is 0 Å². The summed E-state index contributed by atoms with van der Waals surface area (Å²) < 4.78 is 60.8. The zero-order valence-corrected chi connectivity index (χ0v) is 17.4. The van der Waals surface area contributed by atoms with Gasteiger partial charge in [0.15, 0.2) is 0 Å². The van der Waals surface area contributed by atoms with Crippen LogP contribution in [0.5, 0.6) is 0 Å². The predicted octanol–water partition coefficient (Wildman–Crippen LogP) is 7.03. The molecule has 0 amide bonds. The van der Waals surface area contributed by atoms with Crippen LogP contribution in [0.1, 0.15) is 52.7 Å². The summed E-state index contributed by atoms with van der Waals surface area (Å²) in [4.78, 5) is 0. The first kappa shape index (κ1) is 22.1. The Balaban J connectivity index is 0.000000534. The predicted molar refractivity (Wildman–Crippen MR) is 89.0 cm³/mol. The summed E-state index contributed by atoms with van der Waals surface area (Å²) in [6.07, 6.45) is 0. The first-order valence-electron chi connectivity index (χ1n) is 6.45. The van der Waals surface area contributed by atoms with Crippen LogP contribution in [0.2, 0.25) is 0 Å². The zero-order valence-electron chi connectivity index (χ0n) is 13.3. The van der Waals surface area contributed by atoms with E-state index in [1.807, 2.05) is 0 Å². The molecule has 22 heavy (non-hydrogen) atoms. The van der Waals surface area contributed by atoms with Crippen molar-refractivity contribution in [1.29, 1.82) is 0 Å². The van der Waals surface area contributed by atoms with Gasteiger partial charge < -0.3 is 0 Å². The quantitative estimate of drug-likeness (QED) is 0.202. The fourth-order valence-corrected chi connectivity index (χ4v) is 3.22. The molecule has 0 bridgehead atoms. The van der Waals surface area contributed by atoms with E-state index in [9.17, 15) is 20.8 Å². The van der Waals surface area contributed by atoms with Gasteiger partial charge in [0.1, 0.15) is 0 Å². The van der Waals surface area contributed by atoms with Crippen molar-refractivity contribution in [2.75, 3.05) is 0 Å². The third-order valence-electron chi connectivity index (χ3n) is 2.57. The van der Waals surface area contributed by atoms with Gasteiger partial charge in [0.2, 0.25) is 0 Å². The summed E-state index contributed by atoms with van der Waals surface area (Å²) >= 11 is -8.61. The van der Waals surface area contributed by atoms with Crippen molar-refractivity contribution in [3.05, 3.63) is 32.9 Å². The fraction of sp³-hybridized carbons (Fsp3) is 0.571. The minimum absolute atomic E-state index is 0.223. The topological polar surface area (TPSA) is 0 Å². The third-order valence-corrected chi connectivity index (χ3v) is 3.47. The molecule has 0 nitrogen and oxygen atoms in total. The first-order valence-corrected chi connectivity index (χ1v) is 11.8. The molecule has 1 aromatic rings. The van der Waals surface area contributed by atoms with E-state index in [4.69, 9.17) is 0 Å². The van der Waals surface area contributed by atoms with E-state index < -0.39 is 14.2 Å². The molecule has 1 aromatic carbocycles. The molecule has 0 saturated carbocycles. The van der Waals surface area contributed by atoms with Gasteiger partial charge in [0.25, 0.3) is 0 Å². The molecule has 0 heterocycles. The molecule has 0 aliphatic heterocycles. The number of benzene rings is 1. The van der Waals surface area contributed by atoms with Crippen LogP contribution < -0.4 is 0 Å². The Labute approximate surface area is 142 Å². The second kappa shape index (κ2) is 5.57. The Bertz CT molecular complexity index is 523. The summed E-state index contributed by atoms with van der Waals surface area (Å²) in [5, 5.41) is 0. The molecule has 132 valence electrons. The summed E-state index contributed by atoms with van der Waals surface area (Å²) in [5.41, 5.74) is 3.42. The summed E-state index contributed by atoms with van der Waals surface area (Å²) in [6.45, 7) is 13.7. The summed E-state index contributed by atoms with van der Waals surface area (Å²) in [6, 6.07) is 6.64. The van der Waals surface area contributed by atoms with Gasteiger partial charge in [-0.15, -0.1) is 0 Å². The standard InChI is InChI=1S/C14H21I.AsF6/c1-13(2,3)10-8-7-9-11(15)12(10)14(4,5)6;2-1(3,4,5,6)7/h7-9H,1-6H3;/q;-1. The fourth-order valence-electron chi connectivity index (χ4n) is 1.91. The van der Waals surface area contributed by atoms with Gasteiger partial charge >= 0.3 is 35.0 Å². The molecule has 0 fully saturated rings. The van der Waals surface area contributed by atoms with Crippen molar-refractivity contribution in [2.45, 2.75) is 52.4 Å². The average Bonchev–Trinajstić information content (AvgIpc) is 2.08. The van der Waals surface area contributed by atoms with Crippen LogP contribution >= 0.6 is 22.6 Å². The van der Waals surface area contributed by atoms with E-state index >= 15 is 0 Å². The van der Waals surface area contributed by atoms with Gasteiger partial charge in [-0.05, 0) is 50.6 Å². The van der Waals surface area contributed by atoms with Crippen molar-refractivity contribution in [2.24, 2.45) is 0 Å². The normalized spacial score (nSPS) is 16.2. The summed E-state index contributed by atoms with van der Waals surface area (Å²) in [5.74, 6) is 0. The zero-order chi connectivity index (χ0) is 18.3. The maximum absolute atomic E-state index is 11.1. The van der Waals surface area contributed by atoms with Crippen molar-refractivity contribution >= 4 is 36.8 Å². The van der Waals surface area contributed by atoms with Crippen LogP contribution in [0.15, 0.2) is 18.2 Å². The molecule has 0 spiro atoms. The molecule has 0 atom stereocenters. The Morgan fingerprint density at radius 2 is 1.14 bits per heavy atom. The molecule has 0 unspecified atom stereocenters. The average molecular weight is 505 g/mol. The second-order valence-corrected chi connectivity index (χ2v) is 12.3. The van der Waals surface area contributed by atoms with Crippen molar-refractivity contribution in [1.82, 2.24) is 0 Å². The maximum atomic E-state index is 9.91. The molecule has 0 saturated heterocycles. The molecule has 0 aliphatic carbocycles. The number of halogens is 7. The number of rotatable bonds is 0. The monoisotopic (exact) mass is 505 g/mol. The second-order valence-electron chi connectivity index (χ2n) is 7.12. The van der Waals surface area contributed by atoms with Crippen LogP contribution in [-0.2, 0) is 10.8 Å². The molecular weight excluding hydrogens is 484 g/mol. The van der Waals surface area contributed by atoms with E-state index in [0.29, 0.717) is 0 Å². The molecule has 0 aliphatic rings. The van der Waals surface area contributed by atoms with Crippen LogP contribution in [0.25, 0.3) is 0 Å². The van der Waals surface area contributed by atoms with Crippen molar-refractivity contribution in [3.8, 4) is 0 Å².